The highest BCUT2D eigenvalue weighted by molar-refractivity contribution is 6.33. The molecule has 1 fully saturated rings. The number of para-hydroxylation sites is 1. The minimum absolute atomic E-state index is 0.0139. The highest BCUT2D eigenvalue weighted by Gasteiger charge is 2.36. The van der Waals surface area contributed by atoms with Crippen molar-refractivity contribution in [2.75, 3.05) is 30.7 Å². The summed E-state index contributed by atoms with van der Waals surface area (Å²) in [5.41, 5.74) is 10.8. The first-order chi connectivity index (χ1) is 17.9. The minimum Gasteiger partial charge on any atom is -0.436 e. The van der Waals surface area contributed by atoms with Crippen LogP contribution in [0.1, 0.15) is 29.5 Å². The Hall–Kier alpha value is -3.67. The van der Waals surface area contributed by atoms with Crippen LogP contribution in [-0.4, -0.2) is 59.6 Å². The normalized spacial score (nSPS) is 17.3. The summed E-state index contributed by atoms with van der Waals surface area (Å²) in [5, 5.41) is 2.59. The zero-order valence-corrected chi connectivity index (χ0v) is 21.0. The number of fused-ring (bicyclic) bond motifs is 1. The number of nitrogen functional groups attached to an aromatic ring is 1. The summed E-state index contributed by atoms with van der Waals surface area (Å²) in [4.78, 5) is 40.7. The van der Waals surface area contributed by atoms with E-state index >= 15 is 0 Å². The van der Waals surface area contributed by atoms with Crippen molar-refractivity contribution < 1.29 is 32.3 Å². The van der Waals surface area contributed by atoms with E-state index in [2.05, 4.69) is 5.32 Å². The number of halogens is 4. The van der Waals surface area contributed by atoms with Crippen LogP contribution in [0.5, 0.6) is 0 Å². The van der Waals surface area contributed by atoms with Crippen LogP contribution in [-0.2, 0) is 28.5 Å². The van der Waals surface area contributed by atoms with Gasteiger partial charge in [0.15, 0.2) is 6.10 Å². The van der Waals surface area contributed by atoms with Gasteiger partial charge in [-0.2, -0.15) is 13.2 Å². The molecular formula is C25H27ClF3N5O4. The van der Waals surface area contributed by atoms with Gasteiger partial charge in [-0.1, -0.05) is 29.8 Å². The molecule has 4 rings (SSSR count). The number of benzene rings is 2. The summed E-state index contributed by atoms with van der Waals surface area (Å²) in [7, 11) is 0. The second-order valence-corrected chi connectivity index (χ2v) is 9.67. The highest BCUT2D eigenvalue weighted by atomic mass is 35.5. The van der Waals surface area contributed by atoms with Crippen molar-refractivity contribution in [3.63, 3.8) is 0 Å². The van der Waals surface area contributed by atoms with Crippen molar-refractivity contribution >= 4 is 41.0 Å². The van der Waals surface area contributed by atoms with Crippen molar-refractivity contribution in [3.8, 4) is 0 Å². The Morgan fingerprint density at radius 2 is 1.84 bits per heavy atom. The van der Waals surface area contributed by atoms with Gasteiger partial charge in [0.1, 0.15) is 0 Å². The molecule has 5 N–H and O–H groups in total. The number of anilines is 2. The summed E-state index contributed by atoms with van der Waals surface area (Å²) in [6, 6.07) is 9.22. The number of carbonyl (C=O) groups is 3. The van der Waals surface area contributed by atoms with Crippen LogP contribution in [0.2, 0.25) is 5.02 Å². The number of amides is 4. The average Bonchev–Trinajstić information content (AvgIpc) is 3.03. The lowest BCUT2D eigenvalue weighted by Crippen LogP contribution is -2.50. The van der Waals surface area contributed by atoms with E-state index in [9.17, 15) is 27.6 Å². The Balaban J connectivity index is 1.36. The van der Waals surface area contributed by atoms with E-state index in [4.69, 9.17) is 27.8 Å². The summed E-state index contributed by atoms with van der Waals surface area (Å²) in [6.45, 7) is 1.06. The molecule has 4 amide bonds. The Labute approximate surface area is 221 Å². The molecule has 38 heavy (non-hydrogen) atoms. The summed E-state index contributed by atoms with van der Waals surface area (Å²) >= 11 is 5.85. The molecule has 9 nitrogen and oxygen atoms in total. The van der Waals surface area contributed by atoms with E-state index in [0.717, 1.165) is 17.3 Å². The Kier molecular flexibility index (Phi) is 7.91. The first kappa shape index (κ1) is 27.4. The maximum Gasteiger partial charge on any atom is 0.418 e. The van der Waals surface area contributed by atoms with Gasteiger partial charge in [0, 0.05) is 37.8 Å². The Morgan fingerprint density at radius 3 is 2.50 bits per heavy atom. The summed E-state index contributed by atoms with van der Waals surface area (Å²) in [6.07, 6.45) is -5.84. The van der Waals surface area contributed by atoms with Crippen LogP contribution in [0.3, 0.4) is 0 Å². The van der Waals surface area contributed by atoms with Crippen LogP contribution >= 0.6 is 11.6 Å². The number of primary amides is 1. The van der Waals surface area contributed by atoms with Crippen LogP contribution in [0, 0.1) is 0 Å². The lowest BCUT2D eigenvalue weighted by molar-refractivity contribution is -0.137. The van der Waals surface area contributed by atoms with E-state index in [1.165, 1.54) is 11.0 Å². The fourth-order valence-electron chi connectivity index (χ4n) is 4.74. The number of hydrogen-bond acceptors (Lipinski definition) is 5. The second kappa shape index (κ2) is 11.0. The van der Waals surface area contributed by atoms with E-state index < -0.39 is 42.0 Å². The van der Waals surface area contributed by atoms with Crippen LogP contribution in [0.25, 0.3) is 0 Å². The predicted molar refractivity (Wildman–Crippen MR) is 134 cm³/mol. The van der Waals surface area contributed by atoms with Gasteiger partial charge in [0.05, 0.1) is 16.3 Å². The largest absolute Gasteiger partial charge is 0.436 e. The number of hydrogen-bond donors (Lipinski definition) is 3. The number of carbonyl (C=O) groups excluding carboxylic acids is 3. The molecule has 2 aromatic carbocycles. The zero-order valence-electron chi connectivity index (χ0n) is 20.3. The minimum atomic E-state index is -4.76. The zero-order chi connectivity index (χ0) is 27.6. The van der Waals surface area contributed by atoms with E-state index in [1.54, 1.807) is 4.90 Å². The summed E-state index contributed by atoms with van der Waals surface area (Å²) < 4.78 is 45.1. The molecule has 0 bridgehead atoms. The quantitative estimate of drug-likeness (QED) is 0.481. The fraction of sp³-hybridized carbons (Fsp3) is 0.400. The number of piperidine rings is 1. The molecule has 1 saturated heterocycles. The third-order valence-corrected chi connectivity index (χ3v) is 7.09. The van der Waals surface area contributed by atoms with Gasteiger partial charge in [-0.05, 0) is 48.6 Å². The highest BCUT2D eigenvalue weighted by Crippen LogP contribution is 2.38. The molecule has 13 heteroatoms. The number of alkyl halides is 3. The molecule has 0 aliphatic carbocycles. The first-order valence-corrected chi connectivity index (χ1v) is 12.4. The molecule has 2 heterocycles. The van der Waals surface area contributed by atoms with Gasteiger partial charge in [0.2, 0.25) is 0 Å². The molecule has 2 aliphatic heterocycles. The van der Waals surface area contributed by atoms with Gasteiger partial charge in [-0.15, -0.1) is 0 Å². The molecule has 2 aliphatic rings. The Morgan fingerprint density at radius 1 is 1.16 bits per heavy atom. The molecule has 0 aromatic heterocycles. The number of nitrogens with zero attached hydrogens (tertiary/aromatic N) is 2. The van der Waals surface area contributed by atoms with Gasteiger partial charge in [0.25, 0.3) is 5.91 Å². The number of nitrogens with one attached hydrogen (secondary N) is 1. The predicted octanol–water partition coefficient (Wildman–Crippen LogP) is 4.03. The van der Waals surface area contributed by atoms with Gasteiger partial charge < -0.3 is 31.3 Å². The van der Waals surface area contributed by atoms with Crippen molar-refractivity contribution in [1.29, 1.82) is 0 Å². The van der Waals surface area contributed by atoms with Crippen LogP contribution in [0.15, 0.2) is 36.4 Å². The number of ether oxygens (including phenoxy) is 1. The standard InChI is InChI=1S/C25H27ClF3N5O4/c26-18-12-14(11-17(21(18)30)25(27,28)29)13-20(22(31)35)38-24(37)33-8-6-16(7-9-33)34-10-5-15-3-1-2-4-19(15)32-23(34)36/h1-4,11-12,16,20H,5-10,13,30H2,(H2,31,35)(H,32,36)/t20-/m1/s1. The number of rotatable bonds is 5. The number of likely N-dealkylation sites (tertiary alicyclic amines) is 1. The molecule has 0 unspecified atom stereocenters. The molecule has 204 valence electrons. The third-order valence-electron chi connectivity index (χ3n) is 6.78. The number of nitrogens with two attached hydrogens (primary N) is 2. The smallest absolute Gasteiger partial charge is 0.418 e. The maximum absolute atomic E-state index is 13.3. The molecular weight excluding hydrogens is 527 g/mol. The average molecular weight is 554 g/mol. The van der Waals surface area contributed by atoms with Gasteiger partial charge in [-0.25, -0.2) is 9.59 Å². The lowest BCUT2D eigenvalue weighted by Gasteiger charge is -2.37. The van der Waals surface area contributed by atoms with Crippen LogP contribution < -0.4 is 16.8 Å². The van der Waals surface area contributed by atoms with Crippen molar-refractivity contribution in [3.05, 3.63) is 58.1 Å². The molecule has 0 radical (unpaired) electrons. The molecule has 0 spiro atoms. The van der Waals surface area contributed by atoms with Crippen molar-refractivity contribution in [1.82, 2.24) is 9.80 Å². The monoisotopic (exact) mass is 553 g/mol. The first-order valence-electron chi connectivity index (χ1n) is 12.0. The molecule has 2 aromatic rings. The molecule has 1 atom stereocenters. The maximum atomic E-state index is 13.3. The van der Waals surface area contributed by atoms with Gasteiger partial charge in [-0.3, -0.25) is 4.79 Å². The SMILES string of the molecule is NC(=O)[C@@H](Cc1cc(Cl)c(N)c(C(F)(F)F)c1)OC(=O)N1CCC(N2CCc3ccccc3NC2=O)CC1. The Bertz CT molecular complexity index is 1230. The van der Waals surface area contributed by atoms with E-state index in [0.29, 0.717) is 25.8 Å². The summed E-state index contributed by atoms with van der Waals surface area (Å²) in [5.74, 6) is -1.02. The second-order valence-electron chi connectivity index (χ2n) is 9.26. The molecule has 0 saturated carbocycles. The lowest BCUT2D eigenvalue weighted by atomic mass is 10.0. The van der Waals surface area contributed by atoms with Crippen molar-refractivity contribution in [2.45, 2.75) is 44.0 Å². The third kappa shape index (κ3) is 6.07. The van der Waals surface area contributed by atoms with Gasteiger partial charge >= 0.3 is 18.3 Å². The number of urea groups is 1. The fourth-order valence-corrected chi connectivity index (χ4v) is 4.98. The van der Waals surface area contributed by atoms with E-state index in [1.807, 2.05) is 24.3 Å². The van der Waals surface area contributed by atoms with Crippen molar-refractivity contribution in [2.24, 2.45) is 5.73 Å². The van der Waals surface area contributed by atoms with Crippen LogP contribution in [0.4, 0.5) is 34.1 Å². The van der Waals surface area contributed by atoms with E-state index in [-0.39, 0.29) is 35.7 Å². The topological polar surface area (TPSA) is 131 Å².